The number of rotatable bonds is 4. The molecule has 0 aliphatic rings. The van der Waals surface area contributed by atoms with Crippen molar-refractivity contribution in [2.45, 2.75) is 38.8 Å². The number of hydrogen-bond acceptors (Lipinski definition) is 0. The van der Waals surface area contributed by atoms with Crippen molar-refractivity contribution in [2.24, 2.45) is 0 Å². The predicted octanol–water partition coefficient (Wildman–Crippen LogP) is 6.03. The zero-order valence-corrected chi connectivity index (χ0v) is 13.1. The minimum atomic E-state index is -4.45. The molecule has 0 nitrogen and oxygen atoms in total. The van der Waals surface area contributed by atoms with Crippen LogP contribution in [-0.2, 0) is 19.0 Å². The van der Waals surface area contributed by atoms with Crippen LogP contribution in [0.5, 0.6) is 0 Å². The van der Waals surface area contributed by atoms with Crippen LogP contribution in [0.15, 0.2) is 30.3 Å². The third kappa shape index (κ3) is 4.10. The third-order valence-corrected chi connectivity index (χ3v) is 3.81. The summed E-state index contributed by atoms with van der Waals surface area (Å²) in [6, 6.07) is 4.87. The van der Waals surface area contributed by atoms with Crippen molar-refractivity contribution in [3.05, 3.63) is 70.0 Å². The van der Waals surface area contributed by atoms with Crippen molar-refractivity contribution in [2.75, 3.05) is 0 Å². The first-order valence-corrected chi connectivity index (χ1v) is 7.43. The minimum absolute atomic E-state index is 0.0686. The SMILES string of the molecule is CC(C)c1cc(CCc2c(F)cc(F)cc2F)ccc1C(F)(F)F. The molecule has 0 N–H and O–H groups in total. The van der Waals surface area contributed by atoms with Crippen LogP contribution >= 0.6 is 0 Å². The Bertz CT molecular complexity index is 708. The molecule has 0 fully saturated rings. The molecule has 0 bridgehead atoms. The summed E-state index contributed by atoms with van der Waals surface area (Å²) in [6.07, 6.45) is -4.37. The van der Waals surface area contributed by atoms with Crippen LogP contribution in [-0.4, -0.2) is 0 Å². The summed E-state index contributed by atoms with van der Waals surface area (Å²) in [5, 5.41) is 0. The zero-order valence-electron chi connectivity index (χ0n) is 13.1. The Labute approximate surface area is 136 Å². The molecule has 2 aromatic carbocycles. The first kappa shape index (κ1) is 18.4. The molecule has 2 aromatic rings. The van der Waals surface area contributed by atoms with Crippen molar-refractivity contribution in [3.8, 4) is 0 Å². The Hall–Kier alpha value is -1.98. The normalized spacial score (nSPS) is 12.0. The Balaban J connectivity index is 2.27. The highest BCUT2D eigenvalue weighted by Gasteiger charge is 2.33. The molecule has 0 aliphatic carbocycles. The van der Waals surface area contributed by atoms with Gasteiger partial charge >= 0.3 is 6.18 Å². The van der Waals surface area contributed by atoms with Gasteiger partial charge in [-0.15, -0.1) is 0 Å². The zero-order chi connectivity index (χ0) is 18.1. The van der Waals surface area contributed by atoms with Gasteiger partial charge in [0.1, 0.15) is 17.5 Å². The first-order chi connectivity index (χ1) is 11.1. The highest BCUT2D eigenvalue weighted by atomic mass is 19.4. The summed E-state index contributed by atoms with van der Waals surface area (Å²) in [4.78, 5) is 0. The Morgan fingerprint density at radius 3 is 1.96 bits per heavy atom. The lowest BCUT2D eigenvalue weighted by Crippen LogP contribution is -2.11. The van der Waals surface area contributed by atoms with Crippen LogP contribution in [0.2, 0.25) is 0 Å². The molecule has 24 heavy (non-hydrogen) atoms. The molecular weight excluding hydrogens is 330 g/mol. The molecule has 0 aromatic heterocycles. The molecule has 0 atom stereocenters. The van der Waals surface area contributed by atoms with E-state index in [0.717, 1.165) is 6.07 Å². The fourth-order valence-electron chi connectivity index (χ4n) is 2.58. The summed E-state index contributed by atoms with van der Waals surface area (Å²) in [5.74, 6) is -3.35. The highest BCUT2D eigenvalue weighted by Crippen LogP contribution is 2.35. The number of aryl methyl sites for hydroxylation is 1. The minimum Gasteiger partial charge on any atom is -0.207 e. The van der Waals surface area contributed by atoms with E-state index < -0.39 is 29.2 Å². The molecule has 0 saturated carbocycles. The van der Waals surface area contributed by atoms with E-state index in [-0.39, 0.29) is 29.9 Å². The number of halogens is 6. The lowest BCUT2D eigenvalue weighted by atomic mass is 9.92. The Kier molecular flexibility index (Phi) is 5.26. The molecular formula is C18H16F6. The van der Waals surface area contributed by atoms with E-state index in [1.165, 1.54) is 12.1 Å². The van der Waals surface area contributed by atoms with Crippen LogP contribution in [0.4, 0.5) is 26.3 Å². The number of alkyl halides is 3. The average Bonchev–Trinajstić information content (AvgIpc) is 2.44. The van der Waals surface area contributed by atoms with E-state index in [0.29, 0.717) is 17.7 Å². The van der Waals surface area contributed by atoms with Gasteiger partial charge in [0.15, 0.2) is 0 Å². The Morgan fingerprint density at radius 1 is 0.875 bits per heavy atom. The molecule has 0 radical (unpaired) electrons. The summed E-state index contributed by atoms with van der Waals surface area (Å²) in [6.45, 7) is 3.29. The van der Waals surface area contributed by atoms with Crippen LogP contribution in [0.25, 0.3) is 0 Å². The number of benzene rings is 2. The van der Waals surface area contributed by atoms with Crippen molar-refractivity contribution in [1.29, 1.82) is 0 Å². The second kappa shape index (κ2) is 6.87. The first-order valence-electron chi connectivity index (χ1n) is 7.43. The van der Waals surface area contributed by atoms with Crippen molar-refractivity contribution >= 4 is 0 Å². The lowest BCUT2D eigenvalue weighted by Gasteiger charge is -2.17. The van der Waals surface area contributed by atoms with Gasteiger partial charge in [0.25, 0.3) is 0 Å². The standard InChI is InChI=1S/C18H16F6/c1-10(2)14-7-11(4-6-15(14)18(22,23)24)3-5-13-16(20)8-12(19)9-17(13)21/h4,6-10H,3,5H2,1-2H3. The summed E-state index contributed by atoms with van der Waals surface area (Å²) < 4.78 is 79.1. The van der Waals surface area contributed by atoms with E-state index in [1.807, 2.05) is 0 Å². The van der Waals surface area contributed by atoms with Gasteiger partial charge in [-0.1, -0.05) is 26.0 Å². The Morgan fingerprint density at radius 2 is 1.46 bits per heavy atom. The fourth-order valence-corrected chi connectivity index (χ4v) is 2.58. The van der Waals surface area contributed by atoms with Gasteiger partial charge in [0.2, 0.25) is 0 Å². The third-order valence-electron chi connectivity index (χ3n) is 3.81. The van der Waals surface area contributed by atoms with Gasteiger partial charge in [-0.2, -0.15) is 13.2 Å². The van der Waals surface area contributed by atoms with E-state index in [2.05, 4.69) is 0 Å². The average molecular weight is 346 g/mol. The molecule has 0 unspecified atom stereocenters. The molecule has 2 rings (SSSR count). The summed E-state index contributed by atoms with van der Waals surface area (Å²) in [7, 11) is 0. The lowest BCUT2D eigenvalue weighted by molar-refractivity contribution is -0.138. The summed E-state index contributed by atoms with van der Waals surface area (Å²) in [5.41, 5.74) is -0.308. The van der Waals surface area contributed by atoms with Gasteiger partial charge in [0.05, 0.1) is 5.56 Å². The molecule has 0 saturated heterocycles. The monoisotopic (exact) mass is 346 g/mol. The molecule has 0 spiro atoms. The molecule has 130 valence electrons. The smallest absolute Gasteiger partial charge is 0.207 e. The maximum atomic E-state index is 13.6. The van der Waals surface area contributed by atoms with Crippen molar-refractivity contribution in [1.82, 2.24) is 0 Å². The van der Waals surface area contributed by atoms with E-state index in [1.54, 1.807) is 13.8 Å². The van der Waals surface area contributed by atoms with E-state index >= 15 is 0 Å². The quantitative estimate of drug-likeness (QED) is 0.593. The summed E-state index contributed by atoms with van der Waals surface area (Å²) >= 11 is 0. The van der Waals surface area contributed by atoms with Crippen LogP contribution in [0.1, 0.15) is 42.0 Å². The van der Waals surface area contributed by atoms with Gasteiger partial charge in [-0.05, 0) is 36.0 Å². The molecule has 6 heteroatoms. The largest absolute Gasteiger partial charge is 0.416 e. The topological polar surface area (TPSA) is 0 Å². The van der Waals surface area contributed by atoms with Crippen molar-refractivity contribution in [3.63, 3.8) is 0 Å². The van der Waals surface area contributed by atoms with Gasteiger partial charge in [-0.25, -0.2) is 13.2 Å². The van der Waals surface area contributed by atoms with Crippen molar-refractivity contribution < 1.29 is 26.3 Å². The van der Waals surface area contributed by atoms with Gasteiger partial charge in [-0.3, -0.25) is 0 Å². The predicted molar refractivity (Wildman–Crippen MR) is 79.3 cm³/mol. The van der Waals surface area contributed by atoms with E-state index in [4.69, 9.17) is 0 Å². The maximum absolute atomic E-state index is 13.6. The maximum Gasteiger partial charge on any atom is 0.416 e. The molecule has 0 heterocycles. The van der Waals surface area contributed by atoms with Crippen LogP contribution in [0.3, 0.4) is 0 Å². The fraction of sp³-hybridized carbons (Fsp3) is 0.333. The van der Waals surface area contributed by atoms with Gasteiger partial charge in [0, 0.05) is 17.7 Å². The second-order valence-electron chi connectivity index (χ2n) is 5.92. The van der Waals surface area contributed by atoms with Crippen LogP contribution in [0, 0.1) is 17.5 Å². The second-order valence-corrected chi connectivity index (χ2v) is 5.92. The van der Waals surface area contributed by atoms with E-state index in [9.17, 15) is 26.3 Å². The van der Waals surface area contributed by atoms with Gasteiger partial charge < -0.3 is 0 Å². The molecule has 0 aliphatic heterocycles. The number of hydrogen-bond donors (Lipinski definition) is 0. The molecule has 0 amide bonds. The van der Waals surface area contributed by atoms with Crippen LogP contribution < -0.4 is 0 Å². The highest BCUT2D eigenvalue weighted by molar-refractivity contribution is 5.36.